The smallest absolute Gasteiger partial charge is 0.264 e. The summed E-state index contributed by atoms with van der Waals surface area (Å²) >= 11 is 0. The molecule has 2 aliphatic heterocycles. The van der Waals surface area contributed by atoms with Crippen molar-refractivity contribution in [3.8, 4) is 0 Å². The highest BCUT2D eigenvalue weighted by Gasteiger charge is 2.45. The average Bonchev–Trinajstić information content (AvgIpc) is 3.34. The number of nitrogens with zero attached hydrogens (tertiary/aromatic N) is 1. The number of hydrogen-bond donors (Lipinski definition) is 2. The zero-order valence-electron chi connectivity index (χ0n) is 30.0. The predicted octanol–water partition coefficient (Wildman–Crippen LogP) is 7.88. The number of benzene rings is 1. The number of amides is 5. The third-order valence-corrected chi connectivity index (χ3v) is 9.45. The van der Waals surface area contributed by atoms with E-state index in [1.165, 1.54) is 102 Å². The van der Waals surface area contributed by atoms with E-state index in [-0.39, 0.29) is 42.0 Å². The first-order chi connectivity index (χ1) is 23.9. The number of ether oxygens (including phenoxy) is 2. The Bertz CT molecular complexity index is 1190. The molecule has 0 spiro atoms. The van der Waals surface area contributed by atoms with Crippen LogP contribution in [0.4, 0.5) is 5.69 Å². The third-order valence-electron chi connectivity index (χ3n) is 9.45. The summed E-state index contributed by atoms with van der Waals surface area (Å²) in [4.78, 5) is 63.5. The molecule has 0 radical (unpaired) electrons. The van der Waals surface area contributed by atoms with E-state index in [1.807, 2.05) is 0 Å². The van der Waals surface area contributed by atoms with Crippen LogP contribution < -0.4 is 10.6 Å². The largest absolute Gasteiger partial charge is 0.379 e. The maximum absolute atomic E-state index is 13.2. The zero-order chi connectivity index (χ0) is 35.1. The highest BCUT2D eigenvalue weighted by Crippen LogP contribution is 2.32. The van der Waals surface area contributed by atoms with Crippen LogP contribution in [0.15, 0.2) is 18.2 Å². The number of anilines is 1. The lowest BCUT2D eigenvalue weighted by atomic mass is 10.0. The van der Waals surface area contributed by atoms with E-state index in [0.29, 0.717) is 26.2 Å². The minimum Gasteiger partial charge on any atom is -0.379 e. The molecule has 1 aromatic rings. The van der Waals surface area contributed by atoms with Crippen LogP contribution in [0.3, 0.4) is 0 Å². The summed E-state index contributed by atoms with van der Waals surface area (Å²) in [6.07, 6.45) is 24.5. The Balaban J connectivity index is 1.11. The Morgan fingerprint density at radius 1 is 0.714 bits per heavy atom. The van der Waals surface area contributed by atoms with Gasteiger partial charge in [0.25, 0.3) is 11.8 Å². The van der Waals surface area contributed by atoms with E-state index < -0.39 is 29.7 Å². The van der Waals surface area contributed by atoms with Gasteiger partial charge < -0.3 is 14.8 Å². The van der Waals surface area contributed by atoms with Gasteiger partial charge in [0.1, 0.15) is 6.04 Å². The molecule has 2 aliphatic rings. The molecular weight excluding hydrogens is 622 g/mol. The molecular formula is C39H61N3O7. The fraction of sp³-hybridized carbons (Fsp3) is 0.718. The number of rotatable bonds is 28. The van der Waals surface area contributed by atoms with E-state index >= 15 is 0 Å². The highest BCUT2D eigenvalue weighted by atomic mass is 16.5. The van der Waals surface area contributed by atoms with Crippen molar-refractivity contribution >= 4 is 35.2 Å². The van der Waals surface area contributed by atoms with Crippen LogP contribution in [-0.2, 0) is 23.9 Å². The van der Waals surface area contributed by atoms with E-state index in [9.17, 15) is 24.0 Å². The Kier molecular flexibility index (Phi) is 19.8. The number of imide groups is 2. The quantitative estimate of drug-likeness (QED) is 0.0679. The molecule has 1 fully saturated rings. The normalized spacial score (nSPS) is 15.9. The number of nitrogens with one attached hydrogen (secondary N) is 2. The molecule has 10 heteroatoms. The van der Waals surface area contributed by atoms with Crippen LogP contribution in [0.5, 0.6) is 0 Å². The lowest BCUT2D eigenvalue weighted by Gasteiger charge is -2.27. The van der Waals surface area contributed by atoms with Crippen molar-refractivity contribution < 1.29 is 33.4 Å². The van der Waals surface area contributed by atoms with Gasteiger partial charge in [0.05, 0.1) is 30.0 Å². The number of carbonyl (C=O) groups is 5. The Hall–Kier alpha value is -3.11. The molecule has 5 amide bonds. The first kappa shape index (κ1) is 40.3. The average molecular weight is 684 g/mol. The van der Waals surface area contributed by atoms with Crippen molar-refractivity contribution in [2.45, 2.75) is 154 Å². The van der Waals surface area contributed by atoms with Crippen molar-refractivity contribution in [2.24, 2.45) is 0 Å². The van der Waals surface area contributed by atoms with Crippen LogP contribution in [0, 0.1) is 0 Å². The van der Waals surface area contributed by atoms with Crippen LogP contribution >= 0.6 is 0 Å². The van der Waals surface area contributed by atoms with Gasteiger partial charge in [-0.2, -0.15) is 0 Å². The van der Waals surface area contributed by atoms with Gasteiger partial charge in [0.2, 0.25) is 17.7 Å². The van der Waals surface area contributed by atoms with Gasteiger partial charge in [-0.25, -0.2) is 0 Å². The van der Waals surface area contributed by atoms with Gasteiger partial charge in [-0.3, -0.25) is 34.2 Å². The summed E-state index contributed by atoms with van der Waals surface area (Å²) < 4.78 is 11.4. The molecule has 1 aromatic carbocycles. The zero-order valence-corrected chi connectivity index (χ0v) is 30.0. The highest BCUT2D eigenvalue weighted by molar-refractivity contribution is 6.26. The van der Waals surface area contributed by atoms with Gasteiger partial charge in [-0.1, -0.05) is 116 Å². The molecule has 0 saturated carbocycles. The van der Waals surface area contributed by atoms with Crippen molar-refractivity contribution in [2.75, 3.05) is 31.7 Å². The van der Waals surface area contributed by atoms with E-state index in [2.05, 4.69) is 17.6 Å². The molecule has 2 heterocycles. The monoisotopic (exact) mass is 683 g/mol. The van der Waals surface area contributed by atoms with Gasteiger partial charge in [-0.15, -0.1) is 0 Å². The standard InChI is InChI=1S/C39H61N3O7/c1-2-3-4-5-6-7-8-9-10-11-12-13-14-15-16-19-27-48-29-30-49-28-20-17-18-24-34(43)40-32-23-21-22-31-36(32)39(47)42(38(31)46)33-25-26-35(44)41-37(33)45/h21-23,33H,2-20,24-30H2,1H3,(H,40,43)(H,41,44,45). The van der Waals surface area contributed by atoms with Gasteiger partial charge in [0, 0.05) is 26.1 Å². The van der Waals surface area contributed by atoms with Gasteiger partial charge >= 0.3 is 0 Å². The molecule has 49 heavy (non-hydrogen) atoms. The van der Waals surface area contributed by atoms with Crippen LogP contribution in [0.2, 0.25) is 0 Å². The number of carbonyl (C=O) groups excluding carboxylic acids is 5. The summed E-state index contributed by atoms with van der Waals surface area (Å²) in [6, 6.07) is 3.62. The lowest BCUT2D eigenvalue weighted by molar-refractivity contribution is -0.136. The van der Waals surface area contributed by atoms with Crippen molar-refractivity contribution in [3.05, 3.63) is 29.3 Å². The minimum absolute atomic E-state index is 0.0475. The second-order valence-corrected chi connectivity index (χ2v) is 13.6. The molecule has 2 N–H and O–H groups in total. The molecule has 0 aromatic heterocycles. The van der Waals surface area contributed by atoms with Crippen LogP contribution in [-0.4, -0.2) is 66.9 Å². The maximum Gasteiger partial charge on any atom is 0.264 e. The van der Waals surface area contributed by atoms with Crippen molar-refractivity contribution in [1.29, 1.82) is 0 Å². The fourth-order valence-electron chi connectivity index (χ4n) is 6.57. The minimum atomic E-state index is -1.05. The Morgan fingerprint density at radius 2 is 1.24 bits per heavy atom. The number of fused-ring (bicyclic) bond motifs is 1. The predicted molar refractivity (Wildman–Crippen MR) is 191 cm³/mol. The van der Waals surface area contributed by atoms with Crippen LogP contribution in [0.1, 0.15) is 169 Å². The van der Waals surface area contributed by atoms with Gasteiger partial charge in [0.15, 0.2) is 0 Å². The summed E-state index contributed by atoms with van der Waals surface area (Å²) in [5.41, 5.74) is 0.466. The van der Waals surface area contributed by atoms with E-state index in [0.717, 1.165) is 30.8 Å². The van der Waals surface area contributed by atoms with Crippen molar-refractivity contribution in [1.82, 2.24) is 10.2 Å². The first-order valence-corrected chi connectivity index (χ1v) is 19.2. The van der Waals surface area contributed by atoms with E-state index in [1.54, 1.807) is 12.1 Å². The molecule has 1 atom stereocenters. The number of unbranched alkanes of at least 4 members (excludes halogenated alkanes) is 17. The molecule has 0 bridgehead atoms. The SMILES string of the molecule is CCCCCCCCCCCCCCCCCCOCCOCCCCCC(=O)Nc1cccc2c1C(=O)N(C1CCC(=O)NC1=O)C2=O. The molecule has 3 rings (SSSR count). The lowest BCUT2D eigenvalue weighted by Crippen LogP contribution is -2.54. The molecule has 1 unspecified atom stereocenters. The second kappa shape index (κ2) is 24.1. The first-order valence-electron chi connectivity index (χ1n) is 19.2. The molecule has 10 nitrogen and oxygen atoms in total. The fourth-order valence-corrected chi connectivity index (χ4v) is 6.57. The maximum atomic E-state index is 13.2. The number of piperidine rings is 1. The number of hydrogen-bond acceptors (Lipinski definition) is 7. The second-order valence-electron chi connectivity index (χ2n) is 13.6. The summed E-state index contributed by atoms with van der Waals surface area (Å²) in [5, 5.41) is 4.95. The summed E-state index contributed by atoms with van der Waals surface area (Å²) in [6.45, 7) is 4.85. The molecule has 0 aliphatic carbocycles. The Morgan fingerprint density at radius 3 is 1.80 bits per heavy atom. The topological polar surface area (TPSA) is 131 Å². The van der Waals surface area contributed by atoms with Crippen molar-refractivity contribution in [3.63, 3.8) is 0 Å². The molecule has 1 saturated heterocycles. The third kappa shape index (κ3) is 14.7. The summed E-state index contributed by atoms with van der Waals surface area (Å²) in [7, 11) is 0. The summed E-state index contributed by atoms with van der Waals surface area (Å²) in [5.74, 6) is -2.59. The Labute approximate surface area is 293 Å². The molecule has 274 valence electrons. The van der Waals surface area contributed by atoms with Gasteiger partial charge in [-0.05, 0) is 37.8 Å². The van der Waals surface area contributed by atoms with E-state index in [4.69, 9.17) is 9.47 Å². The van der Waals surface area contributed by atoms with Crippen LogP contribution in [0.25, 0.3) is 0 Å².